The molecule has 1 aliphatic heterocycles. The van der Waals surface area contributed by atoms with Crippen molar-refractivity contribution in [2.24, 2.45) is 0 Å². The van der Waals surface area contributed by atoms with Crippen molar-refractivity contribution in [3.05, 3.63) is 59.2 Å². The second-order valence-corrected chi connectivity index (χ2v) is 7.45. The molecule has 0 atom stereocenters. The molecule has 0 radical (unpaired) electrons. The molecular formula is C22H27N3O2. The van der Waals surface area contributed by atoms with E-state index in [0.717, 1.165) is 16.9 Å². The highest BCUT2D eigenvalue weighted by atomic mass is 16.2. The van der Waals surface area contributed by atoms with Gasteiger partial charge in [-0.25, -0.2) is 4.79 Å². The molecule has 0 aromatic heterocycles. The fourth-order valence-corrected chi connectivity index (χ4v) is 3.20. The third kappa shape index (κ3) is 4.30. The normalized spacial score (nSPS) is 14.2. The number of nitrogens with one attached hydrogen (secondary N) is 1. The van der Waals surface area contributed by atoms with E-state index in [1.165, 1.54) is 11.1 Å². The third-order valence-corrected chi connectivity index (χ3v) is 5.09. The Balaban J connectivity index is 1.61. The van der Waals surface area contributed by atoms with Crippen LogP contribution in [0.5, 0.6) is 0 Å². The van der Waals surface area contributed by atoms with Crippen LogP contribution in [0.4, 0.5) is 16.2 Å². The summed E-state index contributed by atoms with van der Waals surface area (Å²) in [6, 6.07) is 13.8. The van der Waals surface area contributed by atoms with Crippen LogP contribution in [0, 0.1) is 13.8 Å². The number of aryl methyl sites for hydroxylation is 2. The van der Waals surface area contributed by atoms with Crippen molar-refractivity contribution in [3.8, 4) is 0 Å². The van der Waals surface area contributed by atoms with E-state index in [2.05, 4.69) is 31.3 Å². The maximum Gasteiger partial charge on any atom is 0.325 e. The highest BCUT2D eigenvalue weighted by Crippen LogP contribution is 2.23. The van der Waals surface area contributed by atoms with Crippen LogP contribution in [-0.4, -0.2) is 36.5 Å². The van der Waals surface area contributed by atoms with Gasteiger partial charge in [-0.3, -0.25) is 9.69 Å². The molecule has 2 aromatic carbocycles. The first kappa shape index (κ1) is 19.0. The van der Waals surface area contributed by atoms with E-state index >= 15 is 0 Å². The van der Waals surface area contributed by atoms with E-state index < -0.39 is 0 Å². The first-order chi connectivity index (χ1) is 12.8. The molecule has 27 heavy (non-hydrogen) atoms. The zero-order valence-electron chi connectivity index (χ0n) is 16.5. The molecule has 3 rings (SSSR count). The fraction of sp³-hybridized carbons (Fsp3) is 0.364. The molecule has 5 heteroatoms. The van der Waals surface area contributed by atoms with Crippen LogP contribution in [0.15, 0.2) is 42.5 Å². The largest absolute Gasteiger partial charge is 0.325 e. The second-order valence-electron chi connectivity index (χ2n) is 7.45. The number of amides is 3. The third-order valence-electron chi connectivity index (χ3n) is 5.09. The van der Waals surface area contributed by atoms with Gasteiger partial charge in [0.2, 0.25) is 5.91 Å². The van der Waals surface area contributed by atoms with Crippen LogP contribution in [0.1, 0.15) is 36.5 Å². The number of carbonyl (C=O) groups is 2. The van der Waals surface area contributed by atoms with Crippen molar-refractivity contribution < 1.29 is 9.59 Å². The standard InChI is InChI=1S/C22H27N3O2/c1-15(2)18-6-9-20(10-7-18)25-12-11-24(22(25)27)14-21(26)23-19-8-5-16(3)17(4)13-19/h5-10,13,15H,11-12,14H2,1-4H3,(H,23,26). The van der Waals surface area contributed by atoms with Gasteiger partial charge in [-0.1, -0.05) is 32.0 Å². The van der Waals surface area contributed by atoms with Gasteiger partial charge in [0.25, 0.3) is 0 Å². The van der Waals surface area contributed by atoms with Gasteiger partial charge in [0.15, 0.2) is 0 Å². The van der Waals surface area contributed by atoms with Gasteiger partial charge in [0.05, 0.1) is 0 Å². The number of hydrogen-bond acceptors (Lipinski definition) is 2. The summed E-state index contributed by atoms with van der Waals surface area (Å²) in [6.07, 6.45) is 0. The smallest absolute Gasteiger partial charge is 0.325 e. The van der Waals surface area contributed by atoms with Gasteiger partial charge in [0, 0.05) is 24.5 Å². The topological polar surface area (TPSA) is 52.7 Å². The monoisotopic (exact) mass is 365 g/mol. The quantitative estimate of drug-likeness (QED) is 0.858. The van der Waals surface area contributed by atoms with Gasteiger partial charge in [0.1, 0.15) is 6.54 Å². The molecule has 1 heterocycles. The SMILES string of the molecule is Cc1ccc(NC(=O)CN2CCN(c3ccc(C(C)C)cc3)C2=O)cc1C. The van der Waals surface area contributed by atoms with Crippen LogP contribution in [-0.2, 0) is 4.79 Å². The summed E-state index contributed by atoms with van der Waals surface area (Å²) in [4.78, 5) is 28.4. The molecular weight excluding hydrogens is 338 g/mol. The highest BCUT2D eigenvalue weighted by molar-refractivity contribution is 5.99. The molecule has 0 bridgehead atoms. The Kier molecular flexibility index (Phi) is 5.49. The molecule has 0 aliphatic carbocycles. The van der Waals surface area contributed by atoms with E-state index in [0.29, 0.717) is 19.0 Å². The summed E-state index contributed by atoms with van der Waals surface area (Å²) in [6.45, 7) is 9.54. The van der Waals surface area contributed by atoms with E-state index in [1.54, 1.807) is 9.80 Å². The summed E-state index contributed by atoms with van der Waals surface area (Å²) in [7, 11) is 0. The van der Waals surface area contributed by atoms with Crippen LogP contribution < -0.4 is 10.2 Å². The second kappa shape index (κ2) is 7.82. The zero-order chi connectivity index (χ0) is 19.6. The maximum atomic E-state index is 12.7. The molecule has 1 N–H and O–H groups in total. The molecule has 3 amide bonds. The Bertz CT molecular complexity index is 843. The molecule has 1 fully saturated rings. The molecule has 1 saturated heterocycles. The predicted molar refractivity (Wildman–Crippen MR) is 109 cm³/mol. The van der Waals surface area contributed by atoms with Crippen molar-refractivity contribution in [2.45, 2.75) is 33.6 Å². The number of benzene rings is 2. The molecule has 0 saturated carbocycles. The number of carbonyl (C=O) groups excluding carboxylic acids is 2. The number of urea groups is 1. The van der Waals surface area contributed by atoms with Crippen molar-refractivity contribution in [1.82, 2.24) is 4.90 Å². The summed E-state index contributed by atoms with van der Waals surface area (Å²) >= 11 is 0. The number of hydrogen-bond donors (Lipinski definition) is 1. The van der Waals surface area contributed by atoms with Crippen molar-refractivity contribution >= 4 is 23.3 Å². The zero-order valence-corrected chi connectivity index (χ0v) is 16.5. The summed E-state index contributed by atoms with van der Waals surface area (Å²) in [5, 5.41) is 2.88. The summed E-state index contributed by atoms with van der Waals surface area (Å²) in [5.41, 5.74) is 5.19. The Hall–Kier alpha value is -2.82. The van der Waals surface area contributed by atoms with Gasteiger partial charge < -0.3 is 10.2 Å². The minimum Gasteiger partial charge on any atom is -0.325 e. The molecule has 142 valence electrons. The first-order valence-electron chi connectivity index (χ1n) is 9.38. The van der Waals surface area contributed by atoms with Crippen LogP contribution in [0.3, 0.4) is 0 Å². The summed E-state index contributed by atoms with van der Waals surface area (Å²) in [5.74, 6) is 0.280. The van der Waals surface area contributed by atoms with Gasteiger partial charge >= 0.3 is 6.03 Å². The lowest BCUT2D eigenvalue weighted by Gasteiger charge is -2.19. The van der Waals surface area contributed by atoms with Crippen LogP contribution in [0.25, 0.3) is 0 Å². The average molecular weight is 365 g/mol. The lowest BCUT2D eigenvalue weighted by atomic mass is 10.0. The Morgan fingerprint density at radius 3 is 2.37 bits per heavy atom. The Labute approximate surface area is 161 Å². The van der Waals surface area contributed by atoms with Crippen LogP contribution in [0.2, 0.25) is 0 Å². The molecule has 1 aliphatic rings. The van der Waals surface area contributed by atoms with Gasteiger partial charge in [-0.2, -0.15) is 0 Å². The van der Waals surface area contributed by atoms with Gasteiger partial charge in [-0.05, 0) is 60.7 Å². The molecule has 5 nitrogen and oxygen atoms in total. The Morgan fingerprint density at radius 1 is 1.04 bits per heavy atom. The van der Waals surface area contributed by atoms with E-state index in [-0.39, 0.29) is 18.5 Å². The van der Waals surface area contributed by atoms with Crippen molar-refractivity contribution in [2.75, 3.05) is 29.9 Å². The fourth-order valence-electron chi connectivity index (χ4n) is 3.20. The van der Waals surface area contributed by atoms with E-state index in [4.69, 9.17) is 0 Å². The van der Waals surface area contributed by atoms with E-state index in [1.807, 2.05) is 44.2 Å². The first-order valence-corrected chi connectivity index (χ1v) is 9.38. The predicted octanol–water partition coefficient (Wildman–Crippen LogP) is 4.31. The molecule has 2 aromatic rings. The van der Waals surface area contributed by atoms with E-state index in [9.17, 15) is 9.59 Å². The lowest BCUT2D eigenvalue weighted by molar-refractivity contribution is -0.116. The number of rotatable bonds is 5. The minimum atomic E-state index is -0.177. The maximum absolute atomic E-state index is 12.7. The summed E-state index contributed by atoms with van der Waals surface area (Å²) < 4.78 is 0. The lowest BCUT2D eigenvalue weighted by Crippen LogP contribution is -2.37. The molecule has 0 unspecified atom stereocenters. The molecule has 0 spiro atoms. The van der Waals surface area contributed by atoms with Crippen molar-refractivity contribution in [3.63, 3.8) is 0 Å². The number of anilines is 2. The minimum absolute atomic E-state index is 0.0618. The van der Waals surface area contributed by atoms with Crippen LogP contribution >= 0.6 is 0 Å². The average Bonchev–Trinajstić information content (AvgIpc) is 2.99. The van der Waals surface area contributed by atoms with Gasteiger partial charge in [-0.15, -0.1) is 0 Å². The Morgan fingerprint density at radius 2 is 1.74 bits per heavy atom. The van der Waals surface area contributed by atoms with Crippen molar-refractivity contribution in [1.29, 1.82) is 0 Å². The number of nitrogens with zero attached hydrogens (tertiary/aromatic N) is 2. The highest BCUT2D eigenvalue weighted by Gasteiger charge is 2.30.